The van der Waals surface area contributed by atoms with Crippen LogP contribution in [0.5, 0.6) is 17.4 Å². The number of hydrogen-bond donors (Lipinski definition) is 1. The third kappa shape index (κ3) is 3.89. The number of ether oxygens (including phenoxy) is 2. The van der Waals surface area contributed by atoms with Crippen LogP contribution in [0.2, 0.25) is 0 Å². The summed E-state index contributed by atoms with van der Waals surface area (Å²) in [7, 11) is 1.48. The molecule has 132 valence electrons. The average Bonchev–Trinajstić information content (AvgIpc) is 2.62. The minimum atomic E-state index is -0.592. The summed E-state index contributed by atoms with van der Waals surface area (Å²) in [5.74, 6) is 0.576. The lowest BCUT2D eigenvalue weighted by Gasteiger charge is -2.11. The zero-order valence-corrected chi connectivity index (χ0v) is 15.1. The number of nitrogens with zero attached hydrogens (tertiary/aromatic N) is 3. The van der Waals surface area contributed by atoms with Gasteiger partial charge in [0.2, 0.25) is 5.82 Å². The maximum atomic E-state index is 11.6. The molecule has 8 nitrogen and oxygen atoms in total. The van der Waals surface area contributed by atoms with Gasteiger partial charge in [-0.25, -0.2) is 4.98 Å². The second-order valence-corrected chi connectivity index (χ2v) is 5.94. The fourth-order valence-electron chi connectivity index (χ4n) is 2.20. The lowest BCUT2D eigenvalue weighted by atomic mass is 10.3. The van der Waals surface area contributed by atoms with Crippen LogP contribution in [0.4, 0.5) is 17.2 Å². The minimum Gasteiger partial charge on any atom is -0.493 e. The Hall–Kier alpha value is -3.20. The van der Waals surface area contributed by atoms with Crippen LogP contribution in [0.1, 0.15) is 0 Å². The Bertz CT molecular complexity index is 952. The molecule has 3 rings (SSSR count). The Kier molecular flexibility index (Phi) is 5.28. The fourth-order valence-corrected chi connectivity index (χ4v) is 2.60. The molecule has 0 aliphatic heterocycles. The van der Waals surface area contributed by atoms with E-state index in [1.54, 1.807) is 42.5 Å². The first-order valence-electron chi connectivity index (χ1n) is 7.41. The normalized spacial score (nSPS) is 10.2. The van der Waals surface area contributed by atoms with E-state index >= 15 is 0 Å². The number of nitro groups is 1. The maximum absolute atomic E-state index is 11.6. The van der Waals surface area contributed by atoms with Crippen molar-refractivity contribution >= 4 is 33.1 Å². The average molecular weight is 417 g/mol. The number of anilines is 2. The molecule has 0 aliphatic carbocycles. The first-order valence-corrected chi connectivity index (χ1v) is 8.20. The zero-order valence-electron chi connectivity index (χ0n) is 13.5. The SMILES string of the molecule is COc1ccccc1Oc1ncnc(Nc2cccc(Br)c2)c1[N+](=O)[O-]. The van der Waals surface area contributed by atoms with Crippen molar-refractivity contribution < 1.29 is 14.4 Å². The standard InChI is InChI=1S/C17H13BrN4O4/c1-25-13-7-2-3-8-14(13)26-17-15(22(23)24)16(19-10-20-17)21-12-6-4-5-11(18)9-12/h2-10H,1H3,(H,19,20,21). The van der Waals surface area contributed by atoms with E-state index in [4.69, 9.17) is 9.47 Å². The molecule has 0 spiro atoms. The molecule has 0 saturated heterocycles. The Morgan fingerprint density at radius 2 is 1.88 bits per heavy atom. The van der Waals surface area contributed by atoms with Crippen molar-refractivity contribution in [1.29, 1.82) is 0 Å². The summed E-state index contributed by atoms with van der Waals surface area (Å²) in [5, 5.41) is 14.5. The Balaban J connectivity index is 2.00. The highest BCUT2D eigenvalue weighted by molar-refractivity contribution is 9.10. The molecule has 1 aromatic heterocycles. The van der Waals surface area contributed by atoms with Gasteiger partial charge in [-0.1, -0.05) is 34.1 Å². The molecule has 0 fully saturated rings. The van der Waals surface area contributed by atoms with Crippen molar-refractivity contribution in [3.05, 3.63) is 69.4 Å². The van der Waals surface area contributed by atoms with Gasteiger partial charge in [-0.05, 0) is 30.3 Å². The van der Waals surface area contributed by atoms with Crippen LogP contribution in [-0.4, -0.2) is 22.0 Å². The largest absolute Gasteiger partial charge is 0.493 e. The van der Waals surface area contributed by atoms with E-state index < -0.39 is 4.92 Å². The quantitative estimate of drug-likeness (QED) is 0.459. The van der Waals surface area contributed by atoms with Crippen molar-refractivity contribution in [3.63, 3.8) is 0 Å². The summed E-state index contributed by atoms with van der Waals surface area (Å²) in [6.07, 6.45) is 1.19. The molecule has 3 aromatic rings. The molecule has 0 amide bonds. The van der Waals surface area contributed by atoms with Crippen LogP contribution in [-0.2, 0) is 0 Å². The molecule has 0 aliphatic rings. The van der Waals surface area contributed by atoms with Gasteiger partial charge in [0.25, 0.3) is 0 Å². The molecule has 1 N–H and O–H groups in total. The highest BCUT2D eigenvalue weighted by Crippen LogP contribution is 2.38. The van der Waals surface area contributed by atoms with Crippen LogP contribution < -0.4 is 14.8 Å². The maximum Gasteiger partial charge on any atom is 0.373 e. The van der Waals surface area contributed by atoms with Gasteiger partial charge in [-0.2, -0.15) is 4.98 Å². The number of halogens is 1. The molecule has 26 heavy (non-hydrogen) atoms. The van der Waals surface area contributed by atoms with Crippen molar-refractivity contribution in [1.82, 2.24) is 9.97 Å². The van der Waals surface area contributed by atoms with Gasteiger partial charge in [0.1, 0.15) is 6.33 Å². The van der Waals surface area contributed by atoms with Crippen LogP contribution in [0.25, 0.3) is 0 Å². The second-order valence-electron chi connectivity index (χ2n) is 5.02. The highest BCUT2D eigenvalue weighted by Gasteiger charge is 2.26. The molecule has 9 heteroatoms. The topological polar surface area (TPSA) is 99.4 Å². The van der Waals surface area contributed by atoms with E-state index in [0.29, 0.717) is 17.2 Å². The van der Waals surface area contributed by atoms with Gasteiger partial charge in [0, 0.05) is 10.2 Å². The third-order valence-corrected chi connectivity index (χ3v) is 3.83. The number of aromatic nitrogens is 2. The molecule has 0 atom stereocenters. The van der Waals surface area contributed by atoms with E-state index in [1.807, 2.05) is 6.07 Å². The van der Waals surface area contributed by atoms with E-state index in [1.165, 1.54) is 13.4 Å². The number of para-hydroxylation sites is 2. The number of nitrogens with one attached hydrogen (secondary N) is 1. The number of benzene rings is 2. The first-order chi connectivity index (χ1) is 12.6. The number of hydrogen-bond acceptors (Lipinski definition) is 7. The van der Waals surface area contributed by atoms with Crippen LogP contribution in [0.3, 0.4) is 0 Å². The number of methoxy groups -OCH3 is 1. The van der Waals surface area contributed by atoms with Gasteiger partial charge < -0.3 is 14.8 Å². The van der Waals surface area contributed by atoms with E-state index in [-0.39, 0.29) is 17.4 Å². The van der Waals surface area contributed by atoms with Crippen molar-refractivity contribution in [2.75, 3.05) is 12.4 Å². The van der Waals surface area contributed by atoms with Crippen molar-refractivity contribution in [3.8, 4) is 17.4 Å². The zero-order chi connectivity index (χ0) is 18.5. The van der Waals surface area contributed by atoms with Crippen LogP contribution in [0.15, 0.2) is 59.3 Å². The van der Waals surface area contributed by atoms with Gasteiger partial charge in [0.15, 0.2) is 11.5 Å². The smallest absolute Gasteiger partial charge is 0.373 e. The minimum absolute atomic E-state index is 0.0213. The molecule has 0 saturated carbocycles. The summed E-state index contributed by atoms with van der Waals surface area (Å²) in [6.45, 7) is 0. The van der Waals surface area contributed by atoms with Gasteiger partial charge in [-0.15, -0.1) is 0 Å². The summed E-state index contributed by atoms with van der Waals surface area (Å²) in [6, 6.07) is 14.0. The lowest BCUT2D eigenvalue weighted by molar-refractivity contribution is -0.385. The second kappa shape index (κ2) is 7.79. The third-order valence-electron chi connectivity index (χ3n) is 3.33. The predicted octanol–water partition coefficient (Wildman–Crippen LogP) is 4.69. The first kappa shape index (κ1) is 17.6. The van der Waals surface area contributed by atoms with Gasteiger partial charge >= 0.3 is 11.6 Å². The molecule has 2 aromatic carbocycles. The molecule has 0 radical (unpaired) electrons. The Morgan fingerprint density at radius 3 is 2.58 bits per heavy atom. The van der Waals surface area contributed by atoms with Crippen molar-refractivity contribution in [2.24, 2.45) is 0 Å². The highest BCUT2D eigenvalue weighted by atomic mass is 79.9. The number of rotatable bonds is 6. The lowest BCUT2D eigenvalue weighted by Crippen LogP contribution is -2.04. The predicted molar refractivity (Wildman–Crippen MR) is 99.2 cm³/mol. The van der Waals surface area contributed by atoms with E-state index in [0.717, 1.165) is 4.47 Å². The molecular weight excluding hydrogens is 404 g/mol. The Labute approximate surface area is 157 Å². The molecule has 0 unspecified atom stereocenters. The summed E-state index contributed by atoms with van der Waals surface area (Å²) >= 11 is 3.35. The molecule has 0 bridgehead atoms. The summed E-state index contributed by atoms with van der Waals surface area (Å²) in [5.41, 5.74) is 0.253. The molecular formula is C17H13BrN4O4. The van der Waals surface area contributed by atoms with E-state index in [9.17, 15) is 10.1 Å². The van der Waals surface area contributed by atoms with Crippen LogP contribution in [0, 0.1) is 10.1 Å². The Morgan fingerprint density at radius 1 is 1.12 bits per heavy atom. The van der Waals surface area contributed by atoms with Crippen molar-refractivity contribution in [2.45, 2.75) is 0 Å². The van der Waals surface area contributed by atoms with E-state index in [2.05, 4.69) is 31.2 Å². The fraction of sp³-hybridized carbons (Fsp3) is 0.0588. The van der Waals surface area contributed by atoms with Crippen LogP contribution >= 0.6 is 15.9 Å². The van der Waals surface area contributed by atoms with Gasteiger partial charge in [0.05, 0.1) is 12.0 Å². The summed E-state index contributed by atoms with van der Waals surface area (Å²) in [4.78, 5) is 18.9. The monoisotopic (exact) mass is 416 g/mol. The van der Waals surface area contributed by atoms with Gasteiger partial charge in [-0.3, -0.25) is 10.1 Å². The molecule has 1 heterocycles. The summed E-state index contributed by atoms with van der Waals surface area (Å²) < 4.78 is 11.6.